The smallest absolute Gasteiger partial charge is 0.326 e. The molecule has 0 fully saturated rings. The SMILES string of the molecule is CNC(=O)N(c1ccccc1)c1cccc([N+](=O)[O-])c1. The number of nitro groups is 1. The lowest BCUT2D eigenvalue weighted by Gasteiger charge is -2.22. The molecular weight excluding hydrogens is 258 g/mol. The molecule has 0 radical (unpaired) electrons. The van der Waals surface area contributed by atoms with Crippen LogP contribution in [0.4, 0.5) is 21.9 Å². The molecule has 0 saturated carbocycles. The molecule has 102 valence electrons. The fraction of sp³-hybridized carbons (Fsp3) is 0.0714. The lowest BCUT2D eigenvalue weighted by atomic mass is 10.2. The molecule has 1 N–H and O–H groups in total. The van der Waals surface area contributed by atoms with E-state index < -0.39 is 4.92 Å². The van der Waals surface area contributed by atoms with E-state index in [1.165, 1.54) is 24.1 Å². The van der Waals surface area contributed by atoms with E-state index in [-0.39, 0.29) is 11.7 Å². The highest BCUT2D eigenvalue weighted by molar-refractivity contribution is 5.99. The lowest BCUT2D eigenvalue weighted by Crippen LogP contribution is -2.34. The Morgan fingerprint density at radius 1 is 1.10 bits per heavy atom. The summed E-state index contributed by atoms with van der Waals surface area (Å²) >= 11 is 0. The molecule has 0 aliphatic heterocycles. The maximum atomic E-state index is 12.0. The summed E-state index contributed by atoms with van der Waals surface area (Å²) in [5.41, 5.74) is 1.00. The monoisotopic (exact) mass is 271 g/mol. The summed E-state index contributed by atoms with van der Waals surface area (Å²) in [7, 11) is 1.51. The highest BCUT2D eigenvalue weighted by Gasteiger charge is 2.18. The van der Waals surface area contributed by atoms with Crippen LogP contribution >= 0.6 is 0 Å². The number of non-ortho nitro benzene ring substituents is 1. The van der Waals surface area contributed by atoms with E-state index in [9.17, 15) is 14.9 Å². The topological polar surface area (TPSA) is 75.5 Å². The summed E-state index contributed by atoms with van der Waals surface area (Å²) < 4.78 is 0. The van der Waals surface area contributed by atoms with Gasteiger partial charge in [0.15, 0.2) is 0 Å². The first kappa shape index (κ1) is 13.5. The van der Waals surface area contributed by atoms with Crippen LogP contribution in [-0.2, 0) is 0 Å². The molecule has 0 unspecified atom stereocenters. The van der Waals surface area contributed by atoms with Crippen molar-refractivity contribution in [1.29, 1.82) is 0 Å². The fourth-order valence-electron chi connectivity index (χ4n) is 1.82. The number of hydrogen-bond donors (Lipinski definition) is 1. The normalized spacial score (nSPS) is 9.85. The van der Waals surface area contributed by atoms with E-state index in [2.05, 4.69) is 5.32 Å². The van der Waals surface area contributed by atoms with Crippen LogP contribution in [-0.4, -0.2) is 18.0 Å². The third-order valence-electron chi connectivity index (χ3n) is 2.73. The van der Waals surface area contributed by atoms with Gasteiger partial charge < -0.3 is 5.32 Å². The van der Waals surface area contributed by atoms with Crippen molar-refractivity contribution < 1.29 is 9.72 Å². The molecule has 0 bridgehead atoms. The van der Waals surface area contributed by atoms with Crippen LogP contribution in [0.15, 0.2) is 54.6 Å². The molecule has 0 atom stereocenters. The molecule has 2 rings (SSSR count). The summed E-state index contributed by atoms with van der Waals surface area (Å²) in [6.45, 7) is 0. The largest absolute Gasteiger partial charge is 0.340 e. The molecule has 2 amide bonds. The molecule has 20 heavy (non-hydrogen) atoms. The van der Waals surface area contributed by atoms with Gasteiger partial charge in [-0.05, 0) is 18.2 Å². The first-order chi connectivity index (χ1) is 9.63. The van der Waals surface area contributed by atoms with Crippen molar-refractivity contribution in [2.75, 3.05) is 11.9 Å². The molecule has 6 heteroatoms. The van der Waals surface area contributed by atoms with Gasteiger partial charge in [0.1, 0.15) is 0 Å². The zero-order chi connectivity index (χ0) is 14.5. The molecular formula is C14H13N3O3. The van der Waals surface area contributed by atoms with Crippen molar-refractivity contribution in [3.05, 3.63) is 64.7 Å². The Bertz CT molecular complexity index is 629. The fourth-order valence-corrected chi connectivity index (χ4v) is 1.82. The minimum absolute atomic E-state index is 0.0627. The Kier molecular flexibility index (Phi) is 3.95. The van der Waals surface area contributed by atoms with Crippen molar-refractivity contribution in [2.24, 2.45) is 0 Å². The van der Waals surface area contributed by atoms with E-state index in [4.69, 9.17) is 0 Å². The van der Waals surface area contributed by atoms with Gasteiger partial charge in [0.2, 0.25) is 0 Å². The Labute approximate surface area is 115 Å². The van der Waals surface area contributed by atoms with Crippen LogP contribution < -0.4 is 10.2 Å². The quantitative estimate of drug-likeness (QED) is 0.688. The van der Waals surface area contributed by atoms with Crippen LogP contribution in [0, 0.1) is 10.1 Å². The van der Waals surface area contributed by atoms with E-state index in [1.807, 2.05) is 6.07 Å². The molecule has 0 aromatic heterocycles. The molecule has 0 saturated heterocycles. The summed E-state index contributed by atoms with van der Waals surface area (Å²) in [5, 5.41) is 13.4. The third-order valence-corrected chi connectivity index (χ3v) is 2.73. The van der Waals surface area contributed by atoms with Gasteiger partial charge in [0.25, 0.3) is 5.69 Å². The number of carbonyl (C=O) groups excluding carboxylic acids is 1. The second-order valence-electron chi connectivity index (χ2n) is 4.00. The Morgan fingerprint density at radius 2 is 1.75 bits per heavy atom. The molecule has 0 aliphatic carbocycles. The predicted molar refractivity (Wildman–Crippen MR) is 76.1 cm³/mol. The molecule has 2 aromatic rings. The van der Waals surface area contributed by atoms with Gasteiger partial charge in [-0.15, -0.1) is 0 Å². The summed E-state index contributed by atoms with van der Waals surface area (Å²) in [6.07, 6.45) is 0. The second kappa shape index (κ2) is 5.83. The number of nitrogens with zero attached hydrogens (tertiary/aromatic N) is 2. The van der Waals surface area contributed by atoms with Crippen molar-refractivity contribution in [3.8, 4) is 0 Å². The van der Waals surface area contributed by atoms with Gasteiger partial charge in [-0.25, -0.2) is 4.79 Å². The number of anilines is 2. The number of nitrogens with one attached hydrogen (secondary N) is 1. The maximum Gasteiger partial charge on any atom is 0.326 e. The van der Waals surface area contributed by atoms with Crippen LogP contribution in [0.3, 0.4) is 0 Å². The van der Waals surface area contributed by atoms with Gasteiger partial charge in [0.05, 0.1) is 16.3 Å². The first-order valence-electron chi connectivity index (χ1n) is 5.95. The van der Waals surface area contributed by atoms with Gasteiger partial charge in [-0.3, -0.25) is 15.0 Å². The summed E-state index contributed by atoms with van der Waals surface area (Å²) in [4.78, 5) is 23.8. The lowest BCUT2D eigenvalue weighted by molar-refractivity contribution is -0.384. The number of hydrogen-bond acceptors (Lipinski definition) is 3. The number of benzene rings is 2. The van der Waals surface area contributed by atoms with E-state index >= 15 is 0 Å². The van der Waals surface area contributed by atoms with Gasteiger partial charge in [0, 0.05) is 19.2 Å². The standard InChI is InChI=1S/C14H13N3O3/c1-15-14(18)16(11-6-3-2-4-7-11)12-8-5-9-13(10-12)17(19)20/h2-10H,1H3,(H,15,18). The Hall–Kier alpha value is -2.89. The minimum Gasteiger partial charge on any atom is -0.340 e. The van der Waals surface area contributed by atoms with Crippen LogP contribution in [0.2, 0.25) is 0 Å². The zero-order valence-corrected chi connectivity index (χ0v) is 10.8. The van der Waals surface area contributed by atoms with Gasteiger partial charge >= 0.3 is 6.03 Å². The van der Waals surface area contributed by atoms with Gasteiger partial charge in [-0.1, -0.05) is 24.3 Å². The predicted octanol–water partition coefficient (Wildman–Crippen LogP) is 3.07. The number of carbonyl (C=O) groups is 1. The van der Waals surface area contributed by atoms with Crippen molar-refractivity contribution in [1.82, 2.24) is 5.32 Å². The molecule has 0 spiro atoms. The van der Waals surface area contributed by atoms with Crippen molar-refractivity contribution in [2.45, 2.75) is 0 Å². The van der Waals surface area contributed by atoms with Crippen molar-refractivity contribution >= 4 is 23.1 Å². The zero-order valence-electron chi connectivity index (χ0n) is 10.8. The average Bonchev–Trinajstić information content (AvgIpc) is 2.48. The Balaban J connectivity index is 2.50. The minimum atomic E-state index is -0.490. The number of rotatable bonds is 3. The van der Waals surface area contributed by atoms with Crippen LogP contribution in [0.1, 0.15) is 0 Å². The highest BCUT2D eigenvalue weighted by atomic mass is 16.6. The van der Waals surface area contributed by atoms with E-state index in [1.54, 1.807) is 36.4 Å². The first-order valence-corrected chi connectivity index (χ1v) is 5.95. The number of urea groups is 1. The third kappa shape index (κ3) is 2.74. The molecule has 2 aromatic carbocycles. The average molecular weight is 271 g/mol. The second-order valence-corrected chi connectivity index (χ2v) is 4.00. The van der Waals surface area contributed by atoms with E-state index in [0.717, 1.165) is 0 Å². The number of nitro benzene ring substituents is 1. The van der Waals surface area contributed by atoms with Crippen LogP contribution in [0.25, 0.3) is 0 Å². The highest BCUT2D eigenvalue weighted by Crippen LogP contribution is 2.28. The van der Waals surface area contributed by atoms with Gasteiger partial charge in [-0.2, -0.15) is 0 Å². The number of para-hydroxylation sites is 1. The number of amides is 2. The van der Waals surface area contributed by atoms with Crippen LogP contribution in [0.5, 0.6) is 0 Å². The Morgan fingerprint density at radius 3 is 2.35 bits per heavy atom. The maximum absolute atomic E-state index is 12.0. The van der Waals surface area contributed by atoms with Crippen molar-refractivity contribution in [3.63, 3.8) is 0 Å². The van der Waals surface area contributed by atoms with E-state index in [0.29, 0.717) is 11.4 Å². The molecule has 0 heterocycles. The summed E-state index contributed by atoms with van der Waals surface area (Å²) in [5.74, 6) is 0. The molecule has 0 aliphatic rings. The molecule has 6 nitrogen and oxygen atoms in total. The summed E-state index contributed by atoms with van der Waals surface area (Å²) in [6, 6.07) is 14.5.